The molecule has 3 aromatic rings. The second-order valence-corrected chi connectivity index (χ2v) is 6.52. The molecule has 8 nitrogen and oxygen atoms in total. The van der Waals surface area contributed by atoms with E-state index >= 15 is 0 Å². The number of ether oxygens (including phenoxy) is 2. The average Bonchev–Trinajstić information content (AvgIpc) is 3.04. The van der Waals surface area contributed by atoms with Crippen LogP contribution in [0, 0.1) is 6.92 Å². The van der Waals surface area contributed by atoms with Gasteiger partial charge in [-0.25, -0.2) is 19.7 Å². The fourth-order valence-electron chi connectivity index (χ4n) is 3.26. The number of carbonyl (C=O) groups is 1. The molecule has 2 N–H and O–H groups in total. The van der Waals surface area contributed by atoms with Gasteiger partial charge in [-0.1, -0.05) is 30.3 Å². The zero-order valence-corrected chi connectivity index (χ0v) is 15.1. The Balaban J connectivity index is 1.64. The van der Waals surface area contributed by atoms with Crippen LogP contribution < -0.4 is 5.73 Å². The van der Waals surface area contributed by atoms with Crippen LogP contribution in [0.2, 0.25) is 0 Å². The zero-order chi connectivity index (χ0) is 18.8. The molecule has 1 fully saturated rings. The number of anilines is 1. The Hall–Kier alpha value is -3.00. The maximum absolute atomic E-state index is 12.4. The molecule has 1 aliphatic rings. The molecule has 0 radical (unpaired) electrons. The lowest BCUT2D eigenvalue weighted by Gasteiger charge is -2.25. The van der Waals surface area contributed by atoms with Crippen molar-refractivity contribution in [2.75, 3.05) is 12.3 Å². The highest BCUT2D eigenvalue weighted by Gasteiger charge is 2.24. The molecule has 3 heterocycles. The number of hydrogen-bond acceptors (Lipinski definition) is 7. The van der Waals surface area contributed by atoms with Crippen LogP contribution >= 0.6 is 0 Å². The molecule has 0 amide bonds. The molecule has 4 rings (SSSR count). The number of carbonyl (C=O) groups excluding carboxylic acids is 1. The number of benzene rings is 1. The topological polar surface area (TPSA) is 105 Å². The van der Waals surface area contributed by atoms with E-state index in [1.165, 1.54) is 0 Å². The molecule has 1 aromatic carbocycles. The number of aryl methyl sites for hydroxylation is 1. The fourth-order valence-corrected chi connectivity index (χ4v) is 3.26. The van der Waals surface area contributed by atoms with Gasteiger partial charge in [-0.2, -0.15) is 0 Å². The summed E-state index contributed by atoms with van der Waals surface area (Å²) in [5.74, 6) is 0.187. The molecule has 0 saturated carbocycles. The van der Waals surface area contributed by atoms with E-state index in [0.717, 1.165) is 30.7 Å². The Morgan fingerprint density at radius 2 is 2.07 bits per heavy atom. The predicted octanol–water partition coefficient (Wildman–Crippen LogP) is 2.77. The van der Waals surface area contributed by atoms with Crippen molar-refractivity contribution in [2.45, 2.75) is 39.0 Å². The molecular weight excluding hydrogens is 346 g/mol. The molecule has 0 aliphatic carbocycles. The number of hydrogen-bond donors (Lipinski definition) is 1. The van der Waals surface area contributed by atoms with E-state index in [1.807, 2.05) is 41.8 Å². The molecule has 8 heteroatoms. The van der Waals surface area contributed by atoms with E-state index in [9.17, 15) is 4.79 Å². The maximum atomic E-state index is 12.4. The number of fused-ring (bicyclic) bond motifs is 1. The first-order valence-corrected chi connectivity index (χ1v) is 8.98. The number of nitrogen functional groups attached to an aromatic ring is 1. The van der Waals surface area contributed by atoms with Crippen molar-refractivity contribution in [3.63, 3.8) is 0 Å². The Kier molecular flexibility index (Phi) is 4.72. The third-order valence-electron chi connectivity index (χ3n) is 4.58. The summed E-state index contributed by atoms with van der Waals surface area (Å²) in [5, 5.41) is 0. The number of esters is 1. The lowest BCUT2D eigenvalue weighted by molar-refractivity contribution is -0.0309. The normalized spacial score (nSPS) is 17.1. The van der Waals surface area contributed by atoms with Gasteiger partial charge in [-0.05, 0) is 31.7 Å². The summed E-state index contributed by atoms with van der Waals surface area (Å²) in [5.41, 5.74) is 7.90. The lowest BCUT2D eigenvalue weighted by atomic mass is 10.2. The second kappa shape index (κ2) is 7.32. The van der Waals surface area contributed by atoms with Gasteiger partial charge >= 0.3 is 5.97 Å². The van der Waals surface area contributed by atoms with Gasteiger partial charge in [0.1, 0.15) is 18.7 Å². The summed E-state index contributed by atoms with van der Waals surface area (Å²) in [6, 6.07) is 9.43. The smallest absolute Gasteiger partial charge is 0.376 e. The number of imidazole rings is 1. The summed E-state index contributed by atoms with van der Waals surface area (Å²) < 4.78 is 13.1. The number of aromatic nitrogens is 4. The summed E-state index contributed by atoms with van der Waals surface area (Å²) in [6.45, 7) is 2.70. The molecule has 1 saturated heterocycles. The van der Waals surface area contributed by atoms with Crippen molar-refractivity contribution >= 4 is 23.0 Å². The second-order valence-electron chi connectivity index (χ2n) is 6.52. The van der Waals surface area contributed by atoms with Crippen molar-refractivity contribution in [1.82, 2.24) is 19.5 Å². The van der Waals surface area contributed by atoms with E-state index in [1.54, 1.807) is 0 Å². The van der Waals surface area contributed by atoms with Crippen LogP contribution in [0.4, 0.5) is 5.82 Å². The first kappa shape index (κ1) is 17.4. The van der Waals surface area contributed by atoms with Crippen LogP contribution in [-0.2, 0) is 16.1 Å². The minimum Gasteiger partial charge on any atom is -0.455 e. The third kappa shape index (κ3) is 3.48. The Labute approximate surface area is 156 Å². The summed E-state index contributed by atoms with van der Waals surface area (Å²) in [4.78, 5) is 25.4. The van der Waals surface area contributed by atoms with Gasteiger partial charge in [0, 0.05) is 6.61 Å². The highest BCUT2D eigenvalue weighted by Crippen LogP contribution is 2.29. The molecule has 27 heavy (non-hydrogen) atoms. The third-order valence-corrected chi connectivity index (χ3v) is 4.58. The maximum Gasteiger partial charge on any atom is 0.376 e. The van der Waals surface area contributed by atoms with Crippen LogP contribution in [0.1, 0.15) is 47.5 Å². The zero-order valence-electron chi connectivity index (χ0n) is 15.1. The molecule has 0 bridgehead atoms. The minimum absolute atomic E-state index is 0.0760. The first-order chi connectivity index (χ1) is 13.1. The van der Waals surface area contributed by atoms with Crippen molar-refractivity contribution < 1.29 is 14.3 Å². The molecule has 2 aromatic heterocycles. The highest BCUT2D eigenvalue weighted by molar-refractivity contribution is 5.90. The molecule has 0 spiro atoms. The van der Waals surface area contributed by atoms with E-state index in [2.05, 4.69) is 15.0 Å². The average molecular weight is 367 g/mol. The van der Waals surface area contributed by atoms with Gasteiger partial charge in [0.15, 0.2) is 17.0 Å². The van der Waals surface area contributed by atoms with Gasteiger partial charge in [-0.15, -0.1) is 0 Å². The summed E-state index contributed by atoms with van der Waals surface area (Å²) in [6.07, 6.45) is 2.81. The van der Waals surface area contributed by atoms with Crippen LogP contribution in [0.25, 0.3) is 11.2 Å². The van der Waals surface area contributed by atoms with Crippen molar-refractivity contribution in [2.24, 2.45) is 0 Å². The molecule has 1 unspecified atom stereocenters. The van der Waals surface area contributed by atoms with Gasteiger partial charge in [0.2, 0.25) is 5.82 Å². The quantitative estimate of drug-likeness (QED) is 0.707. The van der Waals surface area contributed by atoms with Crippen LogP contribution in [0.15, 0.2) is 30.3 Å². The summed E-state index contributed by atoms with van der Waals surface area (Å²) >= 11 is 0. The van der Waals surface area contributed by atoms with Gasteiger partial charge in [0.05, 0.1) is 0 Å². The SMILES string of the molecule is Cc1nc2c(N)nc(C(=O)OCc3ccccc3)nc2n1C1CCCCO1. The number of nitrogens with zero attached hydrogens (tertiary/aromatic N) is 4. The van der Waals surface area contributed by atoms with Gasteiger partial charge in [0.25, 0.3) is 0 Å². The number of nitrogens with two attached hydrogens (primary N) is 1. The van der Waals surface area contributed by atoms with Crippen molar-refractivity contribution in [1.29, 1.82) is 0 Å². The van der Waals surface area contributed by atoms with Crippen molar-refractivity contribution in [3.8, 4) is 0 Å². The summed E-state index contributed by atoms with van der Waals surface area (Å²) in [7, 11) is 0. The van der Waals surface area contributed by atoms with Crippen molar-refractivity contribution in [3.05, 3.63) is 47.5 Å². The Morgan fingerprint density at radius 3 is 2.81 bits per heavy atom. The van der Waals surface area contributed by atoms with Crippen LogP contribution in [0.5, 0.6) is 0 Å². The fraction of sp³-hybridized carbons (Fsp3) is 0.368. The number of rotatable bonds is 4. The largest absolute Gasteiger partial charge is 0.455 e. The molecule has 1 aliphatic heterocycles. The molecule has 140 valence electrons. The first-order valence-electron chi connectivity index (χ1n) is 8.98. The van der Waals surface area contributed by atoms with E-state index in [0.29, 0.717) is 17.8 Å². The molecular formula is C19H21N5O3. The lowest BCUT2D eigenvalue weighted by Crippen LogP contribution is -2.20. The van der Waals surface area contributed by atoms with Crippen LogP contribution in [-0.4, -0.2) is 32.1 Å². The Bertz CT molecular complexity index is 964. The van der Waals surface area contributed by atoms with E-state index in [-0.39, 0.29) is 24.5 Å². The Morgan fingerprint density at radius 1 is 1.26 bits per heavy atom. The molecule has 1 atom stereocenters. The standard InChI is InChI=1S/C19H21N5O3/c1-12-21-15-16(20)22-17(19(25)27-11-13-7-3-2-4-8-13)23-18(15)24(12)14-9-5-6-10-26-14/h2-4,7-8,14H,5-6,9-11H2,1H3,(H2,20,22,23). The van der Waals surface area contributed by atoms with E-state index < -0.39 is 5.97 Å². The monoisotopic (exact) mass is 367 g/mol. The van der Waals surface area contributed by atoms with E-state index in [4.69, 9.17) is 15.2 Å². The van der Waals surface area contributed by atoms with Crippen LogP contribution in [0.3, 0.4) is 0 Å². The predicted molar refractivity (Wildman–Crippen MR) is 98.9 cm³/mol. The minimum atomic E-state index is -0.623. The van der Waals surface area contributed by atoms with Gasteiger partial charge in [-0.3, -0.25) is 4.57 Å². The highest BCUT2D eigenvalue weighted by atomic mass is 16.5. The van der Waals surface area contributed by atoms with Gasteiger partial charge < -0.3 is 15.2 Å².